The summed E-state index contributed by atoms with van der Waals surface area (Å²) in [7, 11) is -2.38. The van der Waals surface area contributed by atoms with Gasteiger partial charge in [-0.05, 0) is 30.5 Å². The third kappa shape index (κ3) is 4.77. The fraction of sp³-hybridized carbons (Fsp3) is 0.235. The Labute approximate surface area is 153 Å². The number of rotatable bonds is 2. The first-order valence-corrected chi connectivity index (χ1v) is 8.90. The van der Waals surface area contributed by atoms with Gasteiger partial charge in [0.15, 0.2) is 22.1 Å². The van der Waals surface area contributed by atoms with Gasteiger partial charge in [-0.15, -0.1) is 0 Å². The second-order valence-electron chi connectivity index (χ2n) is 5.54. The number of furan rings is 1. The number of benzene rings is 1. The van der Waals surface area contributed by atoms with E-state index in [0.717, 1.165) is 33.7 Å². The molecule has 0 saturated heterocycles. The van der Waals surface area contributed by atoms with E-state index in [2.05, 4.69) is 22.9 Å². The van der Waals surface area contributed by atoms with E-state index in [1.54, 1.807) is 7.11 Å². The third-order valence-electron chi connectivity index (χ3n) is 3.59. The molecule has 0 aliphatic rings. The third-order valence-corrected chi connectivity index (χ3v) is 4.16. The van der Waals surface area contributed by atoms with E-state index in [9.17, 15) is 13.2 Å². The number of halogens is 3. The molecule has 0 radical (unpaired) electrons. The minimum atomic E-state index is -6.09. The molecule has 0 spiro atoms. The van der Waals surface area contributed by atoms with Gasteiger partial charge in [-0.2, -0.15) is 17.7 Å². The molecule has 10 heteroatoms. The molecular formula is C17H16F3NO5S. The number of nitrogens with zero attached hydrogens (tertiary/aromatic N) is 1. The molecule has 0 aliphatic heterocycles. The number of methoxy groups -OCH3 is 1. The van der Waals surface area contributed by atoms with E-state index >= 15 is 0 Å². The molecule has 3 rings (SSSR count). The van der Waals surface area contributed by atoms with E-state index in [0.29, 0.717) is 0 Å². The van der Waals surface area contributed by atoms with Crippen LogP contribution < -0.4 is 9.30 Å². The van der Waals surface area contributed by atoms with Crippen molar-refractivity contribution >= 4 is 20.9 Å². The summed E-state index contributed by atoms with van der Waals surface area (Å²) in [6.07, 6.45) is 2.07. The average Bonchev–Trinajstić information content (AvgIpc) is 2.98. The highest BCUT2D eigenvalue weighted by atomic mass is 32.2. The smallest absolute Gasteiger partial charge is 0.485 e. The van der Waals surface area contributed by atoms with Crippen LogP contribution in [0.15, 0.2) is 47.0 Å². The Morgan fingerprint density at radius 1 is 1.19 bits per heavy atom. The van der Waals surface area contributed by atoms with Gasteiger partial charge in [-0.1, -0.05) is 12.1 Å². The van der Waals surface area contributed by atoms with Crippen LogP contribution >= 0.6 is 0 Å². The molecule has 0 bridgehead atoms. The molecule has 2 heterocycles. The van der Waals surface area contributed by atoms with Crippen LogP contribution in [0.5, 0.6) is 5.75 Å². The summed E-state index contributed by atoms with van der Waals surface area (Å²) in [5, 5.41) is 2.24. The van der Waals surface area contributed by atoms with Gasteiger partial charge >= 0.3 is 5.51 Å². The van der Waals surface area contributed by atoms with Gasteiger partial charge in [0.05, 0.1) is 12.5 Å². The summed E-state index contributed by atoms with van der Waals surface area (Å²) in [4.78, 5) is 0. The molecular weight excluding hydrogens is 387 g/mol. The zero-order chi connectivity index (χ0) is 20.4. The minimum absolute atomic E-state index is 0.879. The first-order chi connectivity index (χ1) is 12.4. The fourth-order valence-electron chi connectivity index (χ4n) is 2.33. The monoisotopic (exact) mass is 403 g/mol. The van der Waals surface area contributed by atoms with Gasteiger partial charge in [0.2, 0.25) is 5.69 Å². The molecule has 1 aromatic carbocycles. The summed E-state index contributed by atoms with van der Waals surface area (Å²) in [6.45, 7) is 1.95. The number of alkyl halides is 3. The molecule has 0 N–H and O–H groups in total. The Bertz CT molecular complexity index is 1060. The Hall–Kier alpha value is -2.59. The predicted molar refractivity (Wildman–Crippen MR) is 89.9 cm³/mol. The largest absolute Gasteiger partial charge is 0.741 e. The molecule has 27 heavy (non-hydrogen) atoms. The number of hydrogen-bond donors (Lipinski definition) is 0. The van der Waals surface area contributed by atoms with E-state index in [1.165, 1.54) is 0 Å². The van der Waals surface area contributed by atoms with Crippen LogP contribution in [0.3, 0.4) is 0 Å². The fourth-order valence-corrected chi connectivity index (χ4v) is 2.33. The maximum atomic E-state index is 10.7. The number of aryl methyl sites for hydroxylation is 2. The second-order valence-corrected chi connectivity index (χ2v) is 6.91. The van der Waals surface area contributed by atoms with Crippen molar-refractivity contribution < 1.29 is 39.9 Å². The van der Waals surface area contributed by atoms with Crippen molar-refractivity contribution in [1.29, 1.82) is 0 Å². The van der Waals surface area contributed by atoms with Crippen molar-refractivity contribution in [2.75, 3.05) is 7.11 Å². The molecule has 0 aliphatic carbocycles. The molecule has 0 atom stereocenters. The van der Waals surface area contributed by atoms with E-state index in [1.807, 2.05) is 38.2 Å². The van der Waals surface area contributed by atoms with Crippen molar-refractivity contribution in [1.82, 2.24) is 0 Å². The second kappa shape index (κ2) is 7.57. The zero-order valence-electron chi connectivity index (χ0n) is 14.6. The topological polar surface area (TPSA) is 83.5 Å². The van der Waals surface area contributed by atoms with Crippen molar-refractivity contribution in [3.8, 4) is 17.2 Å². The molecule has 2 aromatic heterocycles. The first-order valence-electron chi connectivity index (χ1n) is 7.49. The Morgan fingerprint density at radius 2 is 1.81 bits per heavy atom. The minimum Gasteiger partial charge on any atom is -0.741 e. The van der Waals surface area contributed by atoms with Crippen molar-refractivity contribution in [2.45, 2.75) is 12.4 Å². The number of fused-ring (bicyclic) bond motifs is 1. The number of hydrogen-bond acceptors (Lipinski definition) is 5. The van der Waals surface area contributed by atoms with E-state index < -0.39 is 15.6 Å². The van der Waals surface area contributed by atoms with E-state index in [-0.39, 0.29) is 0 Å². The number of aromatic nitrogens is 1. The normalized spacial score (nSPS) is 11.8. The molecule has 0 amide bonds. The van der Waals surface area contributed by atoms with Crippen LogP contribution in [-0.4, -0.2) is 25.6 Å². The molecule has 0 saturated carbocycles. The lowest BCUT2D eigenvalue weighted by Crippen LogP contribution is -2.30. The van der Waals surface area contributed by atoms with Crippen molar-refractivity contribution in [3.63, 3.8) is 0 Å². The summed E-state index contributed by atoms with van der Waals surface area (Å²) < 4.78 is 72.1. The van der Waals surface area contributed by atoms with Crippen LogP contribution in [0.4, 0.5) is 13.2 Å². The van der Waals surface area contributed by atoms with Gasteiger partial charge in [0.1, 0.15) is 18.6 Å². The Morgan fingerprint density at radius 3 is 2.30 bits per heavy atom. The van der Waals surface area contributed by atoms with Crippen LogP contribution in [0.1, 0.15) is 5.76 Å². The maximum absolute atomic E-state index is 10.7. The highest BCUT2D eigenvalue weighted by molar-refractivity contribution is 7.86. The summed E-state index contributed by atoms with van der Waals surface area (Å²) in [5.74, 6) is 2.68. The first kappa shape index (κ1) is 20.7. The SMILES string of the molecule is COc1cccc2cc(-c3ccc(C)o3)[n+](C)cc12.O=S(=O)([O-])C(F)(F)F. The van der Waals surface area contributed by atoms with Gasteiger partial charge in [-0.3, -0.25) is 0 Å². The lowest BCUT2D eigenvalue weighted by atomic mass is 10.1. The lowest BCUT2D eigenvalue weighted by molar-refractivity contribution is -0.659. The zero-order valence-corrected chi connectivity index (χ0v) is 15.4. The van der Waals surface area contributed by atoms with Crippen molar-refractivity contribution in [2.24, 2.45) is 7.05 Å². The summed E-state index contributed by atoms with van der Waals surface area (Å²) >= 11 is 0. The molecule has 146 valence electrons. The lowest BCUT2D eigenvalue weighted by Gasteiger charge is -2.08. The molecule has 6 nitrogen and oxygen atoms in total. The summed E-state index contributed by atoms with van der Waals surface area (Å²) in [5.41, 5.74) is -4.60. The van der Waals surface area contributed by atoms with Crippen LogP contribution in [0, 0.1) is 6.92 Å². The van der Waals surface area contributed by atoms with Crippen LogP contribution in [0.2, 0.25) is 0 Å². The van der Waals surface area contributed by atoms with Crippen LogP contribution in [-0.2, 0) is 17.2 Å². The quantitative estimate of drug-likeness (QED) is 0.373. The van der Waals surface area contributed by atoms with Gasteiger partial charge in [0.25, 0.3) is 0 Å². The van der Waals surface area contributed by atoms with E-state index in [4.69, 9.17) is 22.1 Å². The molecule has 0 fully saturated rings. The molecule has 3 aromatic rings. The maximum Gasteiger partial charge on any atom is 0.485 e. The number of ether oxygens (including phenoxy) is 1. The standard InChI is InChI=1S/C16H16NO2.CHF3O3S/c1-11-7-8-16(19-11)14-9-12-5-4-6-15(18-3)13(12)10-17(14)2;2-1(3,4)8(5,6)7/h4-10H,1-3H3;(H,5,6,7)/q+1;/p-1. The summed E-state index contributed by atoms with van der Waals surface area (Å²) in [6, 6.07) is 12.1. The average molecular weight is 403 g/mol. The van der Waals surface area contributed by atoms with Gasteiger partial charge < -0.3 is 13.7 Å². The highest BCUT2D eigenvalue weighted by Gasteiger charge is 2.36. The molecule has 0 unspecified atom stereocenters. The Kier molecular flexibility index (Phi) is 5.81. The Balaban J connectivity index is 0.000000279. The van der Waals surface area contributed by atoms with Crippen LogP contribution in [0.25, 0.3) is 22.2 Å². The van der Waals surface area contributed by atoms with Gasteiger partial charge in [-0.25, -0.2) is 8.42 Å². The van der Waals surface area contributed by atoms with Crippen molar-refractivity contribution in [3.05, 3.63) is 48.4 Å². The predicted octanol–water partition coefficient (Wildman–Crippen LogP) is 3.29. The number of pyridine rings is 1. The van der Waals surface area contributed by atoms with Gasteiger partial charge in [0, 0.05) is 6.07 Å². The highest BCUT2D eigenvalue weighted by Crippen LogP contribution is 2.27.